The molecule has 0 radical (unpaired) electrons. The molecule has 0 saturated carbocycles. The van der Waals surface area contributed by atoms with Gasteiger partial charge in [-0.05, 0) is 34.5 Å². The van der Waals surface area contributed by atoms with Gasteiger partial charge in [0.15, 0.2) is 0 Å². The molecule has 1 fully saturated rings. The predicted molar refractivity (Wildman–Crippen MR) is 105 cm³/mol. The molecule has 1 N–H and O–H groups in total. The Morgan fingerprint density at radius 1 is 1.40 bits per heavy atom. The van der Waals surface area contributed by atoms with Gasteiger partial charge in [0.25, 0.3) is 5.91 Å². The molecule has 8 heteroatoms. The third kappa shape index (κ3) is 4.24. The van der Waals surface area contributed by atoms with Gasteiger partial charge < -0.3 is 10.2 Å². The number of aromatic nitrogens is 1. The summed E-state index contributed by atoms with van der Waals surface area (Å²) in [6, 6.07) is 6.84. The summed E-state index contributed by atoms with van der Waals surface area (Å²) < 4.78 is 0.741. The van der Waals surface area contributed by atoms with Gasteiger partial charge in [0.05, 0.1) is 28.7 Å². The summed E-state index contributed by atoms with van der Waals surface area (Å²) in [7, 11) is 0. The first-order chi connectivity index (χ1) is 12.1. The van der Waals surface area contributed by atoms with Crippen molar-refractivity contribution in [3.8, 4) is 0 Å². The van der Waals surface area contributed by atoms with Crippen molar-refractivity contribution in [2.24, 2.45) is 0 Å². The quantitative estimate of drug-likeness (QED) is 0.775. The van der Waals surface area contributed by atoms with Crippen LogP contribution in [0.2, 0.25) is 0 Å². The van der Waals surface area contributed by atoms with Gasteiger partial charge in [-0.25, -0.2) is 4.98 Å². The van der Waals surface area contributed by atoms with Gasteiger partial charge in [-0.1, -0.05) is 19.1 Å². The van der Waals surface area contributed by atoms with E-state index >= 15 is 0 Å². The molecule has 0 aliphatic carbocycles. The summed E-state index contributed by atoms with van der Waals surface area (Å²) in [6.45, 7) is 2.45. The van der Waals surface area contributed by atoms with Crippen LogP contribution in [-0.2, 0) is 17.8 Å². The lowest BCUT2D eigenvalue weighted by Crippen LogP contribution is -2.47. The van der Waals surface area contributed by atoms with E-state index in [1.54, 1.807) is 34.1 Å². The van der Waals surface area contributed by atoms with E-state index in [0.29, 0.717) is 23.7 Å². The van der Waals surface area contributed by atoms with E-state index in [2.05, 4.69) is 33.2 Å². The summed E-state index contributed by atoms with van der Waals surface area (Å²) in [6.07, 6.45) is 0.895. The lowest BCUT2D eigenvalue weighted by atomic mass is 10.1. The highest BCUT2D eigenvalue weighted by atomic mass is 79.9. The molecule has 5 nitrogen and oxygen atoms in total. The number of carbonyl (C=O) groups excluding carboxylic acids is 2. The fraction of sp³-hybridized carbons (Fsp3) is 0.353. The molecular formula is C17H18BrN3O2S2. The first-order valence-electron chi connectivity index (χ1n) is 7.94. The van der Waals surface area contributed by atoms with Crippen molar-refractivity contribution in [3.05, 3.63) is 50.4 Å². The second kappa shape index (κ2) is 8.33. The number of amides is 2. The molecule has 0 bridgehead atoms. The Morgan fingerprint density at radius 3 is 2.92 bits per heavy atom. The van der Waals surface area contributed by atoms with Crippen LogP contribution in [0.1, 0.15) is 28.0 Å². The van der Waals surface area contributed by atoms with Crippen molar-refractivity contribution in [2.45, 2.75) is 25.9 Å². The third-order valence-electron chi connectivity index (χ3n) is 3.90. The van der Waals surface area contributed by atoms with E-state index in [1.807, 2.05) is 23.6 Å². The molecule has 1 saturated heterocycles. The lowest BCUT2D eigenvalue weighted by Gasteiger charge is -2.23. The number of nitrogens with zero attached hydrogens (tertiary/aromatic N) is 2. The van der Waals surface area contributed by atoms with E-state index < -0.39 is 6.04 Å². The molecule has 1 aliphatic rings. The van der Waals surface area contributed by atoms with E-state index in [0.717, 1.165) is 21.6 Å². The molecule has 1 atom stereocenters. The summed E-state index contributed by atoms with van der Waals surface area (Å²) >= 11 is 6.60. The summed E-state index contributed by atoms with van der Waals surface area (Å²) in [5.41, 5.74) is 1.44. The minimum Gasteiger partial charge on any atom is -0.349 e. The maximum absolute atomic E-state index is 12.8. The lowest BCUT2D eigenvalue weighted by molar-refractivity contribution is -0.124. The molecule has 1 aliphatic heterocycles. The molecule has 1 aromatic carbocycles. The van der Waals surface area contributed by atoms with Crippen molar-refractivity contribution < 1.29 is 9.59 Å². The van der Waals surface area contributed by atoms with Gasteiger partial charge in [0.1, 0.15) is 6.04 Å². The molecule has 3 rings (SSSR count). The van der Waals surface area contributed by atoms with Crippen LogP contribution < -0.4 is 5.32 Å². The Labute approximate surface area is 163 Å². The number of hydrogen-bond acceptors (Lipinski definition) is 5. The highest BCUT2D eigenvalue weighted by Gasteiger charge is 2.35. The largest absolute Gasteiger partial charge is 0.349 e. The fourth-order valence-corrected chi connectivity index (χ4v) is 4.89. The van der Waals surface area contributed by atoms with Crippen LogP contribution >= 0.6 is 39.0 Å². The van der Waals surface area contributed by atoms with Crippen LogP contribution in [-0.4, -0.2) is 39.4 Å². The smallest absolute Gasteiger partial charge is 0.256 e. The Kier molecular flexibility index (Phi) is 6.14. The van der Waals surface area contributed by atoms with Crippen molar-refractivity contribution >= 4 is 50.8 Å². The molecule has 0 spiro atoms. The molecule has 2 amide bonds. The standard InChI is InChI=1S/C17H18BrN3O2S2/c1-2-15-20-11(8-25-15)7-19-16(22)14-9-24-10-21(14)17(23)12-5-3-4-6-13(12)18/h3-6,8,14H,2,7,9-10H2,1H3,(H,19,22)/t14-/m1/s1. The number of benzene rings is 1. The Bertz CT molecular complexity index is 781. The molecule has 25 heavy (non-hydrogen) atoms. The summed E-state index contributed by atoms with van der Waals surface area (Å²) in [4.78, 5) is 31.5. The van der Waals surface area contributed by atoms with E-state index in [9.17, 15) is 9.59 Å². The number of hydrogen-bond donors (Lipinski definition) is 1. The van der Waals surface area contributed by atoms with Gasteiger partial charge in [-0.3, -0.25) is 9.59 Å². The van der Waals surface area contributed by atoms with Gasteiger partial charge in [-0.2, -0.15) is 0 Å². The number of thiazole rings is 1. The van der Waals surface area contributed by atoms with E-state index in [1.165, 1.54) is 0 Å². The zero-order chi connectivity index (χ0) is 17.8. The van der Waals surface area contributed by atoms with Crippen molar-refractivity contribution in [1.29, 1.82) is 0 Å². The highest BCUT2D eigenvalue weighted by molar-refractivity contribution is 9.10. The number of thioether (sulfide) groups is 1. The highest BCUT2D eigenvalue weighted by Crippen LogP contribution is 2.26. The van der Waals surface area contributed by atoms with Gasteiger partial charge in [0, 0.05) is 15.6 Å². The number of rotatable bonds is 5. The van der Waals surface area contributed by atoms with Crippen molar-refractivity contribution in [1.82, 2.24) is 15.2 Å². The van der Waals surface area contributed by atoms with E-state index in [-0.39, 0.29) is 11.8 Å². The number of nitrogens with one attached hydrogen (secondary N) is 1. The van der Waals surface area contributed by atoms with Crippen LogP contribution in [0.15, 0.2) is 34.1 Å². The van der Waals surface area contributed by atoms with Crippen LogP contribution in [0.25, 0.3) is 0 Å². The van der Waals surface area contributed by atoms with Crippen LogP contribution in [0.4, 0.5) is 0 Å². The Hall–Kier alpha value is -1.38. The third-order valence-corrected chi connectivity index (χ3v) is 6.64. The molecule has 1 aromatic heterocycles. The van der Waals surface area contributed by atoms with Crippen molar-refractivity contribution in [3.63, 3.8) is 0 Å². The van der Waals surface area contributed by atoms with Gasteiger partial charge >= 0.3 is 0 Å². The van der Waals surface area contributed by atoms with Crippen LogP contribution in [0.5, 0.6) is 0 Å². The minimum absolute atomic E-state index is 0.125. The first kappa shape index (κ1) is 18.4. The number of aryl methyl sites for hydroxylation is 1. The number of halogens is 1. The SMILES string of the molecule is CCc1nc(CNC(=O)[C@H]2CSCN2C(=O)c2ccccc2Br)cs1. The van der Waals surface area contributed by atoms with Crippen LogP contribution in [0.3, 0.4) is 0 Å². The van der Waals surface area contributed by atoms with E-state index in [4.69, 9.17) is 0 Å². The normalized spacial score (nSPS) is 16.9. The summed E-state index contributed by atoms with van der Waals surface area (Å²) in [5.74, 6) is 0.879. The Morgan fingerprint density at radius 2 is 2.20 bits per heavy atom. The zero-order valence-corrected chi connectivity index (χ0v) is 16.9. The van der Waals surface area contributed by atoms with Crippen LogP contribution in [0, 0.1) is 0 Å². The molecule has 132 valence electrons. The molecule has 2 heterocycles. The Balaban J connectivity index is 1.65. The number of carbonyl (C=O) groups is 2. The molecule has 2 aromatic rings. The fourth-order valence-electron chi connectivity index (χ4n) is 2.54. The molecular weight excluding hydrogens is 422 g/mol. The van der Waals surface area contributed by atoms with Gasteiger partial charge in [-0.15, -0.1) is 23.1 Å². The maximum atomic E-state index is 12.8. The van der Waals surface area contributed by atoms with Crippen molar-refractivity contribution in [2.75, 3.05) is 11.6 Å². The zero-order valence-electron chi connectivity index (χ0n) is 13.7. The minimum atomic E-state index is -0.450. The van der Waals surface area contributed by atoms with Gasteiger partial charge in [0.2, 0.25) is 5.91 Å². The second-order valence-corrected chi connectivity index (χ2v) is 8.37. The average Bonchev–Trinajstić information content (AvgIpc) is 3.28. The molecule has 0 unspecified atom stereocenters. The maximum Gasteiger partial charge on any atom is 0.256 e. The first-order valence-corrected chi connectivity index (χ1v) is 10.8. The monoisotopic (exact) mass is 439 g/mol. The average molecular weight is 440 g/mol. The predicted octanol–water partition coefficient (Wildman–Crippen LogP) is 3.30. The summed E-state index contributed by atoms with van der Waals surface area (Å²) in [5, 5.41) is 5.94. The topological polar surface area (TPSA) is 62.3 Å². The second-order valence-electron chi connectivity index (χ2n) is 5.57.